The summed E-state index contributed by atoms with van der Waals surface area (Å²) in [6.07, 6.45) is 2.11. The maximum Gasteiger partial charge on any atom is 0.251 e. The van der Waals surface area contributed by atoms with Crippen LogP contribution >= 0.6 is 15.9 Å². The van der Waals surface area contributed by atoms with Gasteiger partial charge in [-0.05, 0) is 58.1 Å². The Kier molecular flexibility index (Phi) is 6.36. The van der Waals surface area contributed by atoms with E-state index in [0.717, 1.165) is 41.5 Å². The van der Waals surface area contributed by atoms with Crippen molar-refractivity contribution in [3.05, 3.63) is 33.8 Å². The van der Waals surface area contributed by atoms with Crippen molar-refractivity contribution in [1.82, 2.24) is 10.2 Å². The number of carbonyl (C=O) groups is 1. The number of aryl methyl sites for hydroxylation is 1. The number of benzene rings is 1. The fraction of sp³-hybridized carbons (Fsp3) is 0.500. The van der Waals surface area contributed by atoms with Crippen molar-refractivity contribution in [2.75, 3.05) is 27.2 Å². The SMILES string of the molecule is Cc1ccc(Br)cc1C(=O)NCCCCN(C)C. The van der Waals surface area contributed by atoms with Crippen LogP contribution in [0.5, 0.6) is 0 Å². The molecule has 0 aliphatic rings. The molecule has 4 heteroatoms. The summed E-state index contributed by atoms with van der Waals surface area (Å²) in [6, 6.07) is 5.76. The van der Waals surface area contributed by atoms with Gasteiger partial charge in [0.25, 0.3) is 5.91 Å². The van der Waals surface area contributed by atoms with Crippen LogP contribution in [-0.4, -0.2) is 38.0 Å². The number of hydrogen-bond donors (Lipinski definition) is 1. The van der Waals surface area contributed by atoms with Crippen molar-refractivity contribution in [3.63, 3.8) is 0 Å². The smallest absolute Gasteiger partial charge is 0.251 e. The molecule has 0 spiro atoms. The number of halogens is 1. The maximum atomic E-state index is 12.0. The van der Waals surface area contributed by atoms with Crippen molar-refractivity contribution in [2.45, 2.75) is 19.8 Å². The zero-order valence-corrected chi connectivity index (χ0v) is 12.9. The second kappa shape index (κ2) is 7.54. The fourth-order valence-electron chi connectivity index (χ4n) is 1.69. The third-order valence-electron chi connectivity index (χ3n) is 2.76. The van der Waals surface area contributed by atoms with Gasteiger partial charge in [0.2, 0.25) is 0 Å². The first-order valence-corrected chi connectivity index (χ1v) is 6.99. The molecule has 0 atom stereocenters. The van der Waals surface area contributed by atoms with Crippen molar-refractivity contribution in [1.29, 1.82) is 0 Å². The molecular weight excluding hydrogens is 292 g/mol. The van der Waals surface area contributed by atoms with E-state index in [0.29, 0.717) is 0 Å². The Bertz CT molecular complexity index is 405. The standard InChI is InChI=1S/C14H21BrN2O/c1-11-6-7-12(15)10-13(11)14(18)16-8-4-5-9-17(2)3/h6-7,10H,4-5,8-9H2,1-3H3,(H,16,18). The van der Waals surface area contributed by atoms with E-state index in [4.69, 9.17) is 0 Å². The van der Waals surface area contributed by atoms with Gasteiger partial charge in [-0.25, -0.2) is 0 Å². The summed E-state index contributed by atoms with van der Waals surface area (Å²) in [4.78, 5) is 14.1. The lowest BCUT2D eigenvalue weighted by Crippen LogP contribution is -2.26. The van der Waals surface area contributed by atoms with E-state index in [1.807, 2.05) is 25.1 Å². The second-order valence-corrected chi connectivity index (χ2v) is 5.64. The van der Waals surface area contributed by atoms with E-state index in [2.05, 4.69) is 40.2 Å². The highest BCUT2D eigenvalue weighted by Crippen LogP contribution is 2.15. The molecule has 0 aliphatic carbocycles. The molecule has 0 saturated carbocycles. The number of rotatable bonds is 6. The molecule has 0 unspecified atom stereocenters. The number of carbonyl (C=O) groups excluding carboxylic acids is 1. The Balaban J connectivity index is 2.39. The summed E-state index contributed by atoms with van der Waals surface area (Å²) < 4.78 is 0.936. The van der Waals surface area contributed by atoms with Crippen LogP contribution in [0.1, 0.15) is 28.8 Å². The van der Waals surface area contributed by atoms with Gasteiger partial charge in [-0.15, -0.1) is 0 Å². The average molecular weight is 313 g/mol. The minimum absolute atomic E-state index is 0.0126. The molecule has 18 heavy (non-hydrogen) atoms. The zero-order valence-electron chi connectivity index (χ0n) is 11.3. The molecule has 1 aromatic carbocycles. The van der Waals surface area contributed by atoms with Crippen LogP contribution in [0.15, 0.2) is 22.7 Å². The largest absolute Gasteiger partial charge is 0.352 e. The van der Waals surface area contributed by atoms with Crippen molar-refractivity contribution >= 4 is 21.8 Å². The molecule has 1 rings (SSSR count). The molecule has 0 radical (unpaired) electrons. The molecule has 0 fully saturated rings. The van der Waals surface area contributed by atoms with Crippen molar-refractivity contribution in [3.8, 4) is 0 Å². The normalized spacial score (nSPS) is 10.7. The number of amides is 1. The highest BCUT2D eigenvalue weighted by Gasteiger charge is 2.08. The first-order valence-electron chi connectivity index (χ1n) is 6.20. The monoisotopic (exact) mass is 312 g/mol. The van der Waals surface area contributed by atoms with Crippen LogP contribution in [0.25, 0.3) is 0 Å². The predicted molar refractivity (Wildman–Crippen MR) is 79.0 cm³/mol. The van der Waals surface area contributed by atoms with Crippen molar-refractivity contribution in [2.24, 2.45) is 0 Å². The van der Waals surface area contributed by atoms with Crippen molar-refractivity contribution < 1.29 is 4.79 Å². The van der Waals surface area contributed by atoms with E-state index >= 15 is 0 Å². The summed E-state index contributed by atoms with van der Waals surface area (Å²) in [6.45, 7) is 3.75. The summed E-state index contributed by atoms with van der Waals surface area (Å²) >= 11 is 3.39. The third-order valence-corrected chi connectivity index (χ3v) is 3.26. The Morgan fingerprint density at radius 3 is 2.72 bits per heavy atom. The molecule has 0 saturated heterocycles. The van der Waals surface area contributed by atoms with Gasteiger partial charge in [0, 0.05) is 16.6 Å². The van der Waals surface area contributed by atoms with E-state index in [9.17, 15) is 4.79 Å². The molecule has 3 nitrogen and oxygen atoms in total. The van der Waals surface area contributed by atoms with E-state index in [1.54, 1.807) is 0 Å². The fourth-order valence-corrected chi connectivity index (χ4v) is 2.05. The van der Waals surface area contributed by atoms with E-state index in [-0.39, 0.29) is 5.91 Å². The Morgan fingerprint density at radius 2 is 2.06 bits per heavy atom. The topological polar surface area (TPSA) is 32.3 Å². The lowest BCUT2D eigenvalue weighted by atomic mass is 10.1. The molecule has 0 bridgehead atoms. The Labute approximate surface area is 118 Å². The summed E-state index contributed by atoms with van der Waals surface area (Å²) in [5, 5.41) is 2.96. The highest BCUT2D eigenvalue weighted by molar-refractivity contribution is 9.10. The van der Waals surface area contributed by atoms with E-state index < -0.39 is 0 Å². The third kappa shape index (κ3) is 5.19. The van der Waals surface area contributed by atoms with Gasteiger partial charge in [0.15, 0.2) is 0 Å². The number of unbranched alkanes of at least 4 members (excludes halogenated alkanes) is 1. The highest BCUT2D eigenvalue weighted by atomic mass is 79.9. The number of nitrogens with zero attached hydrogens (tertiary/aromatic N) is 1. The first-order chi connectivity index (χ1) is 8.50. The lowest BCUT2D eigenvalue weighted by Gasteiger charge is -2.10. The molecule has 0 heterocycles. The van der Waals surface area contributed by atoms with Gasteiger partial charge in [0.1, 0.15) is 0 Å². The van der Waals surface area contributed by atoms with Gasteiger partial charge >= 0.3 is 0 Å². The van der Waals surface area contributed by atoms with Crippen LogP contribution in [0.2, 0.25) is 0 Å². The minimum atomic E-state index is 0.0126. The van der Waals surface area contributed by atoms with E-state index in [1.165, 1.54) is 0 Å². The van der Waals surface area contributed by atoms with Crippen LogP contribution in [0.3, 0.4) is 0 Å². The quantitative estimate of drug-likeness (QED) is 0.819. The van der Waals surface area contributed by atoms with Gasteiger partial charge < -0.3 is 10.2 Å². The van der Waals surface area contributed by atoms with Gasteiger partial charge in [0.05, 0.1) is 0 Å². The van der Waals surface area contributed by atoms with Crippen LogP contribution in [0, 0.1) is 6.92 Å². The molecule has 0 aliphatic heterocycles. The predicted octanol–water partition coefficient (Wildman–Crippen LogP) is 2.83. The minimum Gasteiger partial charge on any atom is -0.352 e. The Hall–Kier alpha value is -0.870. The molecule has 100 valence electrons. The van der Waals surface area contributed by atoms with Gasteiger partial charge in [-0.3, -0.25) is 4.79 Å². The summed E-state index contributed by atoms with van der Waals surface area (Å²) in [7, 11) is 4.12. The maximum absolute atomic E-state index is 12.0. The average Bonchev–Trinajstić information content (AvgIpc) is 2.31. The number of nitrogens with one attached hydrogen (secondary N) is 1. The first kappa shape index (κ1) is 15.2. The molecule has 1 aromatic rings. The van der Waals surface area contributed by atoms with Gasteiger partial charge in [-0.2, -0.15) is 0 Å². The lowest BCUT2D eigenvalue weighted by molar-refractivity contribution is 0.0952. The molecule has 1 N–H and O–H groups in total. The van der Waals surface area contributed by atoms with Crippen LogP contribution in [0.4, 0.5) is 0 Å². The Morgan fingerprint density at radius 1 is 1.33 bits per heavy atom. The molecule has 1 amide bonds. The molecule has 0 aromatic heterocycles. The van der Waals surface area contributed by atoms with Crippen LogP contribution < -0.4 is 5.32 Å². The zero-order chi connectivity index (χ0) is 13.5. The number of hydrogen-bond acceptors (Lipinski definition) is 2. The molecular formula is C14H21BrN2O. The summed E-state index contributed by atoms with van der Waals surface area (Å²) in [5.74, 6) is 0.0126. The van der Waals surface area contributed by atoms with Crippen LogP contribution in [-0.2, 0) is 0 Å². The second-order valence-electron chi connectivity index (χ2n) is 4.73. The summed E-state index contributed by atoms with van der Waals surface area (Å²) in [5.41, 5.74) is 1.75. The van der Waals surface area contributed by atoms with Gasteiger partial charge in [-0.1, -0.05) is 22.0 Å².